The highest BCUT2D eigenvalue weighted by Crippen LogP contribution is 2.12. The molecular weight excluding hydrogens is 612 g/mol. The van der Waals surface area contributed by atoms with Crippen molar-refractivity contribution in [1.29, 1.82) is 0 Å². The molecule has 3 N–H and O–H groups in total. The molecule has 0 atom stereocenters. The second-order valence-electron chi connectivity index (χ2n) is 9.45. The van der Waals surface area contributed by atoms with Crippen molar-refractivity contribution in [3.63, 3.8) is 0 Å². The van der Waals surface area contributed by atoms with Gasteiger partial charge in [0.1, 0.15) is 36.1 Å². The molecule has 0 radical (unpaired) electrons. The third-order valence-corrected chi connectivity index (χ3v) is 6.19. The Hall–Kier alpha value is -6.18. The molecule has 2 amide bonds. The number of carboxylic acid groups (broad SMARTS) is 1. The number of aromatic carboxylic acids is 1. The molecule has 4 aromatic rings. The van der Waals surface area contributed by atoms with Crippen LogP contribution in [-0.4, -0.2) is 60.5 Å². The molecule has 0 bridgehead atoms. The lowest BCUT2D eigenvalue weighted by atomic mass is 10.2. The topological polar surface area (TPSA) is 184 Å². The van der Waals surface area contributed by atoms with Crippen molar-refractivity contribution >= 4 is 24.1 Å². The predicted octanol–water partition coefficient (Wildman–Crippen LogP) is 4.52. The molecule has 47 heavy (non-hydrogen) atoms. The highest BCUT2D eigenvalue weighted by Gasteiger charge is 2.10. The molecule has 4 rings (SSSR count). The number of carbonyl (C=O) groups excluding carboxylic acids is 3. The van der Waals surface area contributed by atoms with E-state index in [0.717, 1.165) is 22.6 Å². The van der Waals surface area contributed by atoms with Gasteiger partial charge in [-0.1, -0.05) is 24.3 Å². The van der Waals surface area contributed by atoms with Crippen LogP contribution < -0.4 is 20.1 Å². The van der Waals surface area contributed by atoms with Crippen molar-refractivity contribution in [3.05, 3.63) is 119 Å². The molecule has 2 aromatic carbocycles. The molecular formula is C33H34N4O10. The molecule has 2 heterocycles. The summed E-state index contributed by atoms with van der Waals surface area (Å²) >= 11 is 0. The molecule has 0 spiro atoms. The first kappa shape index (κ1) is 35.3. The summed E-state index contributed by atoms with van der Waals surface area (Å²) in [4.78, 5) is 53.1. The molecule has 0 saturated carbocycles. The zero-order chi connectivity index (χ0) is 34.0. The summed E-state index contributed by atoms with van der Waals surface area (Å²) in [5.41, 5.74) is 3.09. The minimum atomic E-state index is -1.13. The van der Waals surface area contributed by atoms with Gasteiger partial charge >= 0.3 is 24.1 Å². The molecule has 14 nitrogen and oxygen atoms in total. The van der Waals surface area contributed by atoms with E-state index < -0.39 is 24.1 Å². The maximum absolute atomic E-state index is 11.7. The first-order chi connectivity index (χ1) is 22.7. The van der Waals surface area contributed by atoms with Gasteiger partial charge in [-0.05, 0) is 70.8 Å². The summed E-state index contributed by atoms with van der Waals surface area (Å²) < 4.78 is 24.8. The second-order valence-corrected chi connectivity index (χ2v) is 9.45. The van der Waals surface area contributed by atoms with Crippen LogP contribution in [0.1, 0.15) is 43.2 Å². The van der Waals surface area contributed by atoms with Gasteiger partial charge in [-0.25, -0.2) is 29.1 Å². The Morgan fingerprint density at radius 2 is 1.04 bits per heavy atom. The average molecular weight is 647 g/mol. The summed E-state index contributed by atoms with van der Waals surface area (Å²) in [6.07, 6.45) is 1.68. The van der Waals surface area contributed by atoms with Gasteiger partial charge in [0.25, 0.3) is 0 Å². The number of rotatable bonds is 12. The van der Waals surface area contributed by atoms with Gasteiger partial charge in [0, 0.05) is 25.5 Å². The Bertz CT molecular complexity index is 1630. The van der Waals surface area contributed by atoms with Crippen LogP contribution in [0.15, 0.2) is 85.2 Å². The van der Waals surface area contributed by atoms with Crippen LogP contribution in [0.5, 0.6) is 11.5 Å². The van der Waals surface area contributed by atoms with Gasteiger partial charge in [-0.3, -0.25) is 0 Å². The summed E-state index contributed by atoms with van der Waals surface area (Å²) in [5, 5.41) is 14.1. The summed E-state index contributed by atoms with van der Waals surface area (Å²) in [6, 6.07) is 20.7. The second kappa shape index (κ2) is 18.6. The van der Waals surface area contributed by atoms with Gasteiger partial charge in [-0.2, -0.15) is 0 Å². The Morgan fingerprint density at radius 1 is 0.617 bits per heavy atom. The minimum Gasteiger partial charge on any atom is -0.497 e. The van der Waals surface area contributed by atoms with Crippen LogP contribution in [0.25, 0.3) is 0 Å². The summed E-state index contributed by atoms with van der Waals surface area (Å²) in [6.45, 7) is 0.657. The van der Waals surface area contributed by atoms with Crippen LogP contribution >= 0.6 is 0 Å². The lowest BCUT2D eigenvalue weighted by molar-refractivity contribution is 0.0592. The number of methoxy groups -OCH3 is 3. The molecule has 0 fully saturated rings. The number of hydrogen-bond donors (Lipinski definition) is 3. The molecule has 14 heteroatoms. The number of pyridine rings is 2. The average Bonchev–Trinajstić information content (AvgIpc) is 3.11. The number of nitrogens with one attached hydrogen (secondary N) is 2. The van der Waals surface area contributed by atoms with Crippen LogP contribution in [-0.2, 0) is 40.5 Å². The van der Waals surface area contributed by atoms with Crippen molar-refractivity contribution in [1.82, 2.24) is 20.6 Å². The Kier molecular flexibility index (Phi) is 14.0. The van der Waals surface area contributed by atoms with Crippen LogP contribution in [0.3, 0.4) is 0 Å². The number of carbonyl (C=O) groups is 4. The number of esters is 1. The normalized spacial score (nSPS) is 9.94. The number of aromatic nitrogens is 2. The smallest absolute Gasteiger partial charge is 0.407 e. The third kappa shape index (κ3) is 12.4. The Balaban J connectivity index is 0.000000256. The van der Waals surface area contributed by atoms with E-state index in [-0.39, 0.29) is 24.6 Å². The maximum atomic E-state index is 11.7. The van der Waals surface area contributed by atoms with Crippen molar-refractivity contribution in [2.75, 3.05) is 21.3 Å². The highest BCUT2D eigenvalue weighted by molar-refractivity contribution is 5.87. The van der Waals surface area contributed by atoms with E-state index in [4.69, 9.17) is 24.1 Å². The molecule has 0 saturated heterocycles. The minimum absolute atomic E-state index is 0.0287. The number of alkyl carbamates (subject to hydrolysis) is 2. The van der Waals surface area contributed by atoms with Gasteiger partial charge in [0.15, 0.2) is 0 Å². The Morgan fingerprint density at radius 3 is 1.45 bits per heavy atom. The number of nitrogens with zero attached hydrogens (tertiary/aromatic N) is 2. The van der Waals surface area contributed by atoms with Gasteiger partial charge in [0.2, 0.25) is 0 Å². The molecule has 0 unspecified atom stereocenters. The number of benzene rings is 2. The molecule has 246 valence electrons. The van der Waals surface area contributed by atoms with E-state index in [1.807, 2.05) is 36.4 Å². The van der Waals surface area contributed by atoms with E-state index in [1.54, 1.807) is 38.5 Å². The van der Waals surface area contributed by atoms with Crippen molar-refractivity contribution in [2.45, 2.75) is 26.3 Å². The monoisotopic (exact) mass is 646 g/mol. The van der Waals surface area contributed by atoms with Crippen molar-refractivity contribution in [3.8, 4) is 11.5 Å². The van der Waals surface area contributed by atoms with Crippen LogP contribution in [0.4, 0.5) is 9.59 Å². The molecule has 2 aromatic heterocycles. The SMILES string of the molecule is COC(=O)c1cc(COC(=O)NCc2ccc(OC)cc2)ccn1.COc1ccc(CNC(=O)OCc2ccnc(C(=O)O)c2)cc1. The molecule has 0 aliphatic carbocycles. The van der Waals surface area contributed by atoms with E-state index >= 15 is 0 Å². The van der Waals surface area contributed by atoms with Crippen molar-refractivity contribution < 1.29 is 48.0 Å². The first-order valence-electron chi connectivity index (χ1n) is 14.0. The zero-order valence-corrected chi connectivity index (χ0v) is 25.9. The Labute approximate surface area is 270 Å². The van der Waals surface area contributed by atoms with E-state index in [2.05, 4.69) is 25.3 Å². The number of hydrogen-bond acceptors (Lipinski definition) is 11. The quantitative estimate of drug-likeness (QED) is 0.145. The number of carboxylic acids is 1. The largest absolute Gasteiger partial charge is 0.497 e. The van der Waals surface area contributed by atoms with Gasteiger partial charge in [0.05, 0.1) is 21.3 Å². The lowest BCUT2D eigenvalue weighted by Gasteiger charge is -2.08. The van der Waals surface area contributed by atoms with Gasteiger partial charge < -0.3 is 39.4 Å². The maximum Gasteiger partial charge on any atom is 0.407 e. The van der Waals surface area contributed by atoms with Crippen molar-refractivity contribution in [2.24, 2.45) is 0 Å². The summed E-state index contributed by atoms with van der Waals surface area (Å²) in [7, 11) is 4.45. The fourth-order valence-corrected chi connectivity index (χ4v) is 3.70. The summed E-state index contributed by atoms with van der Waals surface area (Å²) in [5.74, 6) is -0.180. The van der Waals surface area contributed by atoms with E-state index in [9.17, 15) is 19.2 Å². The standard InChI is InChI=1S/C17H18N2O5.C16H16N2O5/c1-22-14-5-3-12(4-6-14)10-19-17(21)24-11-13-7-8-18-15(9-13)16(20)23-2;1-22-13-4-2-11(3-5-13)9-18-16(21)23-10-12-6-7-17-14(8-12)15(19)20/h3-9H,10-11H2,1-2H3,(H,19,21);2-8H,9-10H2,1H3,(H,18,21)(H,19,20). The number of ether oxygens (including phenoxy) is 5. The van der Waals surface area contributed by atoms with E-state index in [1.165, 1.54) is 31.6 Å². The fraction of sp³-hybridized carbons (Fsp3) is 0.212. The molecule has 0 aliphatic heterocycles. The lowest BCUT2D eigenvalue weighted by Crippen LogP contribution is -2.23. The predicted molar refractivity (Wildman–Crippen MR) is 167 cm³/mol. The highest BCUT2D eigenvalue weighted by atomic mass is 16.6. The van der Waals surface area contributed by atoms with E-state index in [0.29, 0.717) is 24.2 Å². The number of amides is 2. The third-order valence-electron chi connectivity index (χ3n) is 6.19. The van der Waals surface area contributed by atoms with Crippen LogP contribution in [0.2, 0.25) is 0 Å². The van der Waals surface area contributed by atoms with Crippen LogP contribution in [0, 0.1) is 0 Å². The zero-order valence-electron chi connectivity index (χ0n) is 25.9. The molecule has 0 aliphatic rings. The van der Waals surface area contributed by atoms with Gasteiger partial charge in [-0.15, -0.1) is 0 Å². The fourth-order valence-electron chi connectivity index (χ4n) is 3.70. The first-order valence-corrected chi connectivity index (χ1v) is 14.0.